The molecular formula is C4H4N2S2. The number of nitrogens with zero attached hydrogens (tertiary/aromatic N) is 2. The van der Waals surface area contributed by atoms with Gasteiger partial charge in [-0.25, -0.2) is 0 Å². The van der Waals surface area contributed by atoms with Gasteiger partial charge in [0.2, 0.25) is 0 Å². The highest BCUT2D eigenvalue weighted by atomic mass is 32.2. The van der Waals surface area contributed by atoms with E-state index in [4.69, 9.17) is 10.5 Å². The van der Waals surface area contributed by atoms with E-state index in [0.29, 0.717) is 0 Å². The molecule has 0 bridgehead atoms. The van der Waals surface area contributed by atoms with Crippen molar-refractivity contribution in [3.8, 4) is 10.8 Å². The Bertz CT molecular complexity index is 105. The first-order valence-electron chi connectivity index (χ1n) is 1.93. The van der Waals surface area contributed by atoms with Gasteiger partial charge in [0, 0.05) is 11.5 Å². The molecule has 0 aromatic heterocycles. The van der Waals surface area contributed by atoms with Crippen molar-refractivity contribution in [2.45, 2.75) is 0 Å². The molecule has 0 aliphatic carbocycles. The van der Waals surface area contributed by atoms with Gasteiger partial charge in [-0.1, -0.05) is 0 Å². The van der Waals surface area contributed by atoms with Crippen LogP contribution in [0.5, 0.6) is 0 Å². The van der Waals surface area contributed by atoms with Crippen molar-refractivity contribution in [1.29, 1.82) is 10.5 Å². The van der Waals surface area contributed by atoms with Crippen LogP contribution in [0.4, 0.5) is 0 Å². The number of thiocyanates is 2. The molecule has 0 saturated heterocycles. The Labute approximate surface area is 56.9 Å². The number of hydrogen-bond acceptors (Lipinski definition) is 4. The standard InChI is InChI=1S/C4H4N2S2/c5-3-7-1-2-8-4-6/h1-2H2. The number of hydrogen-bond donors (Lipinski definition) is 0. The Balaban J connectivity index is 2.77. The Morgan fingerprint density at radius 1 is 1.00 bits per heavy atom. The fourth-order valence-electron chi connectivity index (χ4n) is 0.175. The summed E-state index contributed by atoms with van der Waals surface area (Å²) in [4.78, 5) is 0. The van der Waals surface area contributed by atoms with Gasteiger partial charge in [-0.2, -0.15) is 10.5 Å². The lowest BCUT2D eigenvalue weighted by Gasteiger charge is -1.82. The summed E-state index contributed by atoms with van der Waals surface area (Å²) in [5.41, 5.74) is 0. The van der Waals surface area contributed by atoms with Crippen LogP contribution < -0.4 is 0 Å². The van der Waals surface area contributed by atoms with E-state index >= 15 is 0 Å². The summed E-state index contributed by atoms with van der Waals surface area (Å²) in [6.45, 7) is 0. The second-order valence-electron chi connectivity index (χ2n) is 0.879. The van der Waals surface area contributed by atoms with Crippen molar-refractivity contribution in [1.82, 2.24) is 0 Å². The Kier molecular flexibility index (Phi) is 6.41. The fourth-order valence-corrected chi connectivity index (χ4v) is 1.02. The lowest BCUT2D eigenvalue weighted by atomic mass is 11.0. The minimum atomic E-state index is 0.745. The molecule has 0 aromatic rings. The third-order valence-corrected chi connectivity index (χ3v) is 1.75. The summed E-state index contributed by atoms with van der Waals surface area (Å²) in [6, 6.07) is 0. The van der Waals surface area contributed by atoms with Crippen LogP contribution in [0.1, 0.15) is 0 Å². The van der Waals surface area contributed by atoms with Crippen LogP contribution in [-0.4, -0.2) is 11.5 Å². The van der Waals surface area contributed by atoms with Crippen molar-refractivity contribution < 1.29 is 0 Å². The van der Waals surface area contributed by atoms with E-state index in [2.05, 4.69) is 0 Å². The average molecular weight is 144 g/mol. The summed E-state index contributed by atoms with van der Waals surface area (Å²) in [5.74, 6) is 1.49. The first-order chi connectivity index (χ1) is 3.91. The van der Waals surface area contributed by atoms with Gasteiger partial charge in [0.1, 0.15) is 10.8 Å². The van der Waals surface area contributed by atoms with Crippen molar-refractivity contribution in [2.75, 3.05) is 11.5 Å². The van der Waals surface area contributed by atoms with E-state index in [-0.39, 0.29) is 0 Å². The zero-order valence-electron chi connectivity index (χ0n) is 4.13. The van der Waals surface area contributed by atoms with Gasteiger partial charge in [0.15, 0.2) is 0 Å². The Morgan fingerprint density at radius 2 is 1.38 bits per heavy atom. The second-order valence-corrected chi connectivity index (χ2v) is 2.64. The third kappa shape index (κ3) is 5.68. The topological polar surface area (TPSA) is 47.6 Å². The van der Waals surface area contributed by atoms with Gasteiger partial charge in [-0.05, 0) is 23.5 Å². The predicted molar refractivity (Wildman–Crippen MR) is 36.1 cm³/mol. The van der Waals surface area contributed by atoms with Gasteiger partial charge >= 0.3 is 0 Å². The maximum absolute atomic E-state index is 7.99. The van der Waals surface area contributed by atoms with Crippen molar-refractivity contribution in [3.05, 3.63) is 0 Å². The van der Waals surface area contributed by atoms with Gasteiger partial charge in [-0.15, -0.1) is 0 Å². The van der Waals surface area contributed by atoms with Crippen LogP contribution in [0.2, 0.25) is 0 Å². The highest BCUT2D eigenvalue weighted by Gasteiger charge is 1.84. The molecule has 0 aliphatic heterocycles. The molecule has 0 amide bonds. The molecule has 0 aromatic carbocycles. The first-order valence-corrected chi connectivity index (χ1v) is 3.90. The zero-order chi connectivity index (χ0) is 6.24. The van der Waals surface area contributed by atoms with Crippen molar-refractivity contribution in [2.24, 2.45) is 0 Å². The zero-order valence-corrected chi connectivity index (χ0v) is 5.76. The molecule has 0 fully saturated rings. The van der Waals surface area contributed by atoms with E-state index in [1.807, 2.05) is 10.8 Å². The summed E-state index contributed by atoms with van der Waals surface area (Å²) in [6.07, 6.45) is 0. The average Bonchev–Trinajstić information content (AvgIpc) is 1.81. The van der Waals surface area contributed by atoms with E-state index in [1.165, 1.54) is 23.5 Å². The summed E-state index contributed by atoms with van der Waals surface area (Å²) >= 11 is 2.36. The molecule has 0 heterocycles. The van der Waals surface area contributed by atoms with Gasteiger partial charge < -0.3 is 0 Å². The highest BCUT2D eigenvalue weighted by molar-refractivity contribution is 8.07. The largest absolute Gasteiger partial charge is 0.185 e. The molecule has 8 heavy (non-hydrogen) atoms. The number of thioether (sulfide) groups is 2. The van der Waals surface area contributed by atoms with Crippen LogP contribution >= 0.6 is 23.5 Å². The second kappa shape index (κ2) is 6.68. The molecule has 42 valence electrons. The van der Waals surface area contributed by atoms with Gasteiger partial charge in [-0.3, -0.25) is 0 Å². The molecule has 4 heteroatoms. The van der Waals surface area contributed by atoms with Crippen LogP contribution in [0.3, 0.4) is 0 Å². The minimum absolute atomic E-state index is 0.745. The maximum Gasteiger partial charge on any atom is 0.133 e. The van der Waals surface area contributed by atoms with Crippen LogP contribution in [-0.2, 0) is 0 Å². The molecule has 0 aliphatic rings. The molecule has 0 spiro atoms. The lowest BCUT2D eigenvalue weighted by Crippen LogP contribution is -1.76. The van der Waals surface area contributed by atoms with Crippen LogP contribution in [0.15, 0.2) is 0 Å². The number of rotatable bonds is 3. The molecule has 0 saturated carbocycles. The smallest absolute Gasteiger partial charge is 0.133 e. The summed E-state index contributed by atoms with van der Waals surface area (Å²) in [7, 11) is 0. The summed E-state index contributed by atoms with van der Waals surface area (Å²) < 4.78 is 0. The quantitative estimate of drug-likeness (QED) is 0.444. The van der Waals surface area contributed by atoms with Gasteiger partial charge in [0.25, 0.3) is 0 Å². The predicted octanol–water partition coefficient (Wildman–Crippen LogP) is 1.41. The van der Waals surface area contributed by atoms with Crippen molar-refractivity contribution in [3.63, 3.8) is 0 Å². The Hall–Kier alpha value is -0.320. The fraction of sp³-hybridized carbons (Fsp3) is 0.500. The molecule has 0 atom stereocenters. The normalized spacial score (nSPS) is 7.25. The Morgan fingerprint density at radius 3 is 1.62 bits per heavy atom. The first kappa shape index (κ1) is 7.68. The summed E-state index contributed by atoms with van der Waals surface area (Å²) in [5, 5.41) is 19.8. The molecular weight excluding hydrogens is 140 g/mol. The van der Waals surface area contributed by atoms with Gasteiger partial charge in [0.05, 0.1) is 0 Å². The molecule has 0 unspecified atom stereocenters. The monoisotopic (exact) mass is 144 g/mol. The molecule has 0 radical (unpaired) electrons. The molecule has 0 rings (SSSR count). The van der Waals surface area contributed by atoms with E-state index in [1.54, 1.807) is 0 Å². The van der Waals surface area contributed by atoms with Crippen LogP contribution in [0, 0.1) is 21.3 Å². The maximum atomic E-state index is 7.99. The number of nitriles is 2. The van der Waals surface area contributed by atoms with Crippen molar-refractivity contribution >= 4 is 23.5 Å². The molecule has 0 N–H and O–H groups in total. The van der Waals surface area contributed by atoms with E-state index in [9.17, 15) is 0 Å². The third-order valence-electron chi connectivity index (χ3n) is 0.417. The lowest BCUT2D eigenvalue weighted by molar-refractivity contribution is 1.53. The minimum Gasteiger partial charge on any atom is -0.185 e. The van der Waals surface area contributed by atoms with Crippen LogP contribution in [0.25, 0.3) is 0 Å². The SMILES string of the molecule is N#CSCCSC#N. The van der Waals surface area contributed by atoms with E-state index < -0.39 is 0 Å². The van der Waals surface area contributed by atoms with E-state index in [0.717, 1.165) is 11.5 Å². The highest BCUT2D eigenvalue weighted by Crippen LogP contribution is 2.02. The molecule has 2 nitrogen and oxygen atoms in total.